The first-order chi connectivity index (χ1) is 8.99. The van der Waals surface area contributed by atoms with Gasteiger partial charge in [0.2, 0.25) is 0 Å². The number of hydrogen-bond donors (Lipinski definition) is 1. The summed E-state index contributed by atoms with van der Waals surface area (Å²) in [5.74, 6) is 0.834. The maximum Gasteiger partial charge on any atom is 0.120 e. The molecule has 0 fully saturated rings. The zero-order valence-electron chi connectivity index (χ0n) is 11.3. The second-order valence-corrected chi connectivity index (χ2v) is 5.57. The van der Waals surface area contributed by atoms with Crippen LogP contribution < -0.4 is 10.5 Å². The van der Waals surface area contributed by atoms with Crippen molar-refractivity contribution in [3.05, 3.63) is 46.2 Å². The Morgan fingerprint density at radius 1 is 1.37 bits per heavy atom. The highest BCUT2D eigenvalue weighted by atomic mass is 79.9. The van der Waals surface area contributed by atoms with Crippen molar-refractivity contribution < 1.29 is 4.74 Å². The van der Waals surface area contributed by atoms with Crippen molar-refractivity contribution in [2.45, 2.75) is 26.0 Å². The Bertz CT molecular complexity index is 546. The normalized spacial score (nSPS) is 12.7. The van der Waals surface area contributed by atoms with Gasteiger partial charge in [0.15, 0.2) is 0 Å². The number of ether oxygens (including phenoxy) is 1. The van der Waals surface area contributed by atoms with Gasteiger partial charge in [-0.15, -0.1) is 0 Å². The summed E-state index contributed by atoms with van der Waals surface area (Å²) in [6.07, 6.45) is 1.90. The Kier molecular flexibility index (Phi) is 4.27. The smallest absolute Gasteiger partial charge is 0.120 e. The Hall–Kier alpha value is -1.33. The molecule has 1 atom stereocenters. The van der Waals surface area contributed by atoms with Gasteiger partial charge in [0.05, 0.1) is 28.5 Å². The van der Waals surface area contributed by atoms with Crippen molar-refractivity contribution in [1.82, 2.24) is 9.78 Å². The highest BCUT2D eigenvalue weighted by Crippen LogP contribution is 2.28. The monoisotopic (exact) mass is 323 g/mol. The van der Waals surface area contributed by atoms with Gasteiger partial charge in [-0.3, -0.25) is 4.68 Å². The van der Waals surface area contributed by atoms with E-state index in [9.17, 15) is 0 Å². The SMILES string of the molecule is CC(C)Oc1cccc(C(N)c2c(Br)cnn2C)c1. The molecular weight excluding hydrogens is 306 g/mol. The Balaban J connectivity index is 2.31. The number of aryl methyl sites for hydroxylation is 1. The molecule has 0 saturated carbocycles. The molecular formula is C14H18BrN3O. The van der Waals surface area contributed by atoms with Gasteiger partial charge >= 0.3 is 0 Å². The van der Waals surface area contributed by atoms with E-state index in [4.69, 9.17) is 10.5 Å². The van der Waals surface area contributed by atoms with Crippen LogP contribution in [0, 0.1) is 0 Å². The van der Waals surface area contributed by atoms with E-state index in [1.807, 2.05) is 45.2 Å². The van der Waals surface area contributed by atoms with E-state index in [-0.39, 0.29) is 12.1 Å². The predicted molar refractivity (Wildman–Crippen MR) is 79.1 cm³/mol. The lowest BCUT2D eigenvalue weighted by atomic mass is 10.0. The minimum Gasteiger partial charge on any atom is -0.491 e. The van der Waals surface area contributed by atoms with Crippen LogP contribution in [0.4, 0.5) is 0 Å². The van der Waals surface area contributed by atoms with Crippen LogP contribution in [-0.2, 0) is 7.05 Å². The molecule has 5 heteroatoms. The zero-order chi connectivity index (χ0) is 14.0. The maximum absolute atomic E-state index is 6.32. The summed E-state index contributed by atoms with van der Waals surface area (Å²) in [7, 11) is 1.88. The third kappa shape index (κ3) is 3.16. The van der Waals surface area contributed by atoms with E-state index in [0.29, 0.717) is 0 Å². The molecule has 1 aromatic carbocycles. The van der Waals surface area contributed by atoms with Crippen LogP contribution in [0.15, 0.2) is 34.9 Å². The van der Waals surface area contributed by atoms with Crippen LogP contribution in [0.25, 0.3) is 0 Å². The van der Waals surface area contributed by atoms with Crippen LogP contribution in [0.1, 0.15) is 31.1 Å². The molecule has 0 aliphatic heterocycles. The van der Waals surface area contributed by atoms with E-state index < -0.39 is 0 Å². The molecule has 2 rings (SSSR count). The first-order valence-corrected chi connectivity index (χ1v) is 6.98. The first kappa shape index (κ1) is 14.1. The third-order valence-corrected chi connectivity index (χ3v) is 3.43. The number of nitrogens with two attached hydrogens (primary N) is 1. The van der Waals surface area contributed by atoms with Gasteiger partial charge in [-0.25, -0.2) is 0 Å². The van der Waals surface area contributed by atoms with Crippen molar-refractivity contribution in [1.29, 1.82) is 0 Å². The van der Waals surface area contributed by atoms with Crippen LogP contribution in [0.2, 0.25) is 0 Å². The fraction of sp³-hybridized carbons (Fsp3) is 0.357. The number of rotatable bonds is 4. The summed E-state index contributed by atoms with van der Waals surface area (Å²) < 4.78 is 8.39. The largest absolute Gasteiger partial charge is 0.491 e. The fourth-order valence-electron chi connectivity index (χ4n) is 1.98. The number of nitrogens with zero attached hydrogens (tertiary/aromatic N) is 2. The third-order valence-electron chi connectivity index (χ3n) is 2.82. The van der Waals surface area contributed by atoms with Crippen molar-refractivity contribution >= 4 is 15.9 Å². The molecule has 1 unspecified atom stereocenters. The molecule has 19 heavy (non-hydrogen) atoms. The quantitative estimate of drug-likeness (QED) is 0.940. The number of aromatic nitrogens is 2. The topological polar surface area (TPSA) is 53.1 Å². The lowest BCUT2D eigenvalue weighted by molar-refractivity contribution is 0.242. The summed E-state index contributed by atoms with van der Waals surface area (Å²) >= 11 is 3.48. The summed E-state index contributed by atoms with van der Waals surface area (Å²) in [4.78, 5) is 0. The van der Waals surface area contributed by atoms with E-state index in [2.05, 4.69) is 21.0 Å². The highest BCUT2D eigenvalue weighted by Gasteiger charge is 2.17. The Morgan fingerprint density at radius 2 is 2.11 bits per heavy atom. The molecule has 0 amide bonds. The minimum absolute atomic E-state index is 0.148. The van der Waals surface area contributed by atoms with Crippen LogP contribution in [0.3, 0.4) is 0 Å². The minimum atomic E-state index is -0.238. The van der Waals surface area contributed by atoms with E-state index in [1.54, 1.807) is 10.9 Å². The van der Waals surface area contributed by atoms with Gasteiger partial charge in [0.1, 0.15) is 5.75 Å². The summed E-state index contributed by atoms with van der Waals surface area (Å²) in [5, 5.41) is 4.19. The molecule has 0 bridgehead atoms. The van der Waals surface area contributed by atoms with Crippen molar-refractivity contribution in [3.63, 3.8) is 0 Å². The molecule has 0 aliphatic rings. The number of hydrogen-bond acceptors (Lipinski definition) is 3. The van der Waals surface area contributed by atoms with Crippen LogP contribution in [-0.4, -0.2) is 15.9 Å². The molecule has 0 spiro atoms. The fourth-order valence-corrected chi connectivity index (χ4v) is 2.58. The molecule has 1 aromatic heterocycles. The summed E-state index contributed by atoms with van der Waals surface area (Å²) in [5.41, 5.74) is 8.26. The maximum atomic E-state index is 6.32. The molecule has 2 aromatic rings. The second kappa shape index (κ2) is 5.75. The molecule has 0 radical (unpaired) electrons. The molecule has 0 aliphatic carbocycles. The Labute approximate surface area is 121 Å². The van der Waals surface area contributed by atoms with E-state index in [0.717, 1.165) is 21.5 Å². The van der Waals surface area contributed by atoms with Crippen LogP contribution in [0.5, 0.6) is 5.75 Å². The number of benzene rings is 1. The van der Waals surface area contributed by atoms with Gasteiger partial charge in [-0.05, 0) is 47.5 Å². The first-order valence-electron chi connectivity index (χ1n) is 6.18. The molecule has 2 N–H and O–H groups in total. The molecule has 4 nitrogen and oxygen atoms in total. The molecule has 0 saturated heterocycles. The van der Waals surface area contributed by atoms with E-state index in [1.165, 1.54) is 0 Å². The lowest BCUT2D eigenvalue weighted by Gasteiger charge is -2.16. The van der Waals surface area contributed by atoms with Gasteiger partial charge in [0.25, 0.3) is 0 Å². The standard InChI is InChI=1S/C14H18BrN3O/c1-9(2)19-11-6-4-5-10(7-11)13(16)14-12(15)8-17-18(14)3/h4-9,13H,16H2,1-3H3. The lowest BCUT2D eigenvalue weighted by Crippen LogP contribution is -2.16. The predicted octanol–water partition coefficient (Wildman–Crippen LogP) is 3.02. The van der Waals surface area contributed by atoms with E-state index >= 15 is 0 Å². The highest BCUT2D eigenvalue weighted by molar-refractivity contribution is 9.10. The zero-order valence-corrected chi connectivity index (χ0v) is 12.9. The van der Waals surface area contributed by atoms with Crippen molar-refractivity contribution in [2.24, 2.45) is 12.8 Å². The number of halogens is 1. The van der Waals surface area contributed by atoms with Gasteiger partial charge in [0, 0.05) is 7.05 Å². The molecule has 1 heterocycles. The average molecular weight is 324 g/mol. The summed E-state index contributed by atoms with van der Waals surface area (Å²) in [6.45, 7) is 4.01. The van der Waals surface area contributed by atoms with Gasteiger partial charge in [-0.1, -0.05) is 12.1 Å². The average Bonchev–Trinajstić information content (AvgIpc) is 2.68. The van der Waals surface area contributed by atoms with Crippen molar-refractivity contribution in [3.8, 4) is 5.75 Å². The summed E-state index contributed by atoms with van der Waals surface area (Å²) in [6, 6.07) is 7.63. The van der Waals surface area contributed by atoms with Gasteiger partial charge < -0.3 is 10.5 Å². The Morgan fingerprint density at radius 3 is 2.68 bits per heavy atom. The molecule has 102 valence electrons. The van der Waals surface area contributed by atoms with Gasteiger partial charge in [-0.2, -0.15) is 5.10 Å². The van der Waals surface area contributed by atoms with Crippen LogP contribution >= 0.6 is 15.9 Å². The second-order valence-electron chi connectivity index (χ2n) is 4.72. The van der Waals surface area contributed by atoms with Crippen molar-refractivity contribution in [2.75, 3.05) is 0 Å².